The zero-order valence-electron chi connectivity index (χ0n) is 11.5. The van der Waals surface area contributed by atoms with E-state index in [1.165, 1.54) is 41.3 Å². The second-order valence-corrected chi connectivity index (χ2v) is 6.65. The molecule has 2 unspecified atom stereocenters. The van der Waals surface area contributed by atoms with Crippen LogP contribution in [-0.4, -0.2) is 12.6 Å². The van der Waals surface area contributed by atoms with Crippen molar-refractivity contribution in [2.24, 2.45) is 5.92 Å². The Morgan fingerprint density at radius 1 is 1.37 bits per heavy atom. The van der Waals surface area contributed by atoms with Gasteiger partial charge in [0.2, 0.25) is 0 Å². The number of benzene rings is 1. The first-order valence-corrected chi connectivity index (χ1v) is 8.24. The van der Waals surface area contributed by atoms with Crippen LogP contribution in [0.2, 0.25) is 0 Å². The molecule has 1 saturated carbocycles. The van der Waals surface area contributed by atoms with Gasteiger partial charge in [-0.2, -0.15) is 0 Å². The minimum Gasteiger partial charge on any atom is -0.493 e. The zero-order valence-corrected chi connectivity index (χ0v) is 13.1. The summed E-state index contributed by atoms with van der Waals surface area (Å²) in [6.45, 7) is 4.08. The number of ether oxygens (including phenoxy) is 1. The van der Waals surface area contributed by atoms with Crippen molar-refractivity contribution in [2.45, 2.75) is 51.6 Å². The standard InChI is InChI=1S/C16H22BrNO/c1-2-11-4-3-5-15(11)18-10-13-9-14(17)8-12-6-7-19-16(12)13/h8-9,11,15,18H,2-7,10H2,1H3. The van der Waals surface area contributed by atoms with Crippen LogP contribution in [-0.2, 0) is 13.0 Å². The highest BCUT2D eigenvalue weighted by Crippen LogP contribution is 2.34. The zero-order chi connectivity index (χ0) is 13.2. The van der Waals surface area contributed by atoms with Crippen LogP contribution >= 0.6 is 15.9 Å². The Morgan fingerprint density at radius 2 is 2.26 bits per heavy atom. The summed E-state index contributed by atoms with van der Waals surface area (Å²) >= 11 is 3.61. The normalized spacial score (nSPS) is 25.4. The lowest BCUT2D eigenvalue weighted by Crippen LogP contribution is -2.31. The van der Waals surface area contributed by atoms with E-state index >= 15 is 0 Å². The van der Waals surface area contributed by atoms with Gasteiger partial charge in [0.15, 0.2) is 0 Å². The van der Waals surface area contributed by atoms with E-state index in [0.717, 1.165) is 31.2 Å². The summed E-state index contributed by atoms with van der Waals surface area (Å²) in [7, 11) is 0. The van der Waals surface area contributed by atoms with Gasteiger partial charge in [0.05, 0.1) is 6.61 Å². The fourth-order valence-corrected chi connectivity index (χ4v) is 4.07. The molecule has 1 aliphatic carbocycles. The van der Waals surface area contributed by atoms with Gasteiger partial charge in [0.1, 0.15) is 5.75 Å². The largest absolute Gasteiger partial charge is 0.493 e. The average molecular weight is 324 g/mol. The first-order valence-electron chi connectivity index (χ1n) is 7.45. The predicted octanol–water partition coefficient (Wildman–Crippen LogP) is 4.05. The van der Waals surface area contributed by atoms with Crippen molar-refractivity contribution >= 4 is 15.9 Å². The van der Waals surface area contributed by atoms with Crippen molar-refractivity contribution in [3.05, 3.63) is 27.7 Å². The van der Waals surface area contributed by atoms with Crippen molar-refractivity contribution in [3.8, 4) is 5.75 Å². The van der Waals surface area contributed by atoms with Gasteiger partial charge in [-0.3, -0.25) is 0 Å². The molecule has 19 heavy (non-hydrogen) atoms. The fourth-order valence-electron chi connectivity index (χ4n) is 3.51. The highest BCUT2D eigenvalue weighted by molar-refractivity contribution is 9.10. The molecule has 1 heterocycles. The predicted molar refractivity (Wildman–Crippen MR) is 81.6 cm³/mol. The first kappa shape index (κ1) is 13.4. The second kappa shape index (κ2) is 5.84. The molecule has 0 saturated heterocycles. The summed E-state index contributed by atoms with van der Waals surface area (Å²) in [6.07, 6.45) is 6.44. The SMILES string of the molecule is CCC1CCCC1NCc1cc(Br)cc2c1OCC2. The van der Waals surface area contributed by atoms with E-state index in [-0.39, 0.29) is 0 Å². The van der Waals surface area contributed by atoms with E-state index in [9.17, 15) is 0 Å². The minimum absolute atomic E-state index is 0.695. The number of hydrogen-bond acceptors (Lipinski definition) is 2. The van der Waals surface area contributed by atoms with Crippen LogP contribution in [0.1, 0.15) is 43.7 Å². The maximum absolute atomic E-state index is 5.79. The van der Waals surface area contributed by atoms with E-state index in [1.807, 2.05) is 0 Å². The van der Waals surface area contributed by atoms with E-state index in [2.05, 4.69) is 40.3 Å². The lowest BCUT2D eigenvalue weighted by molar-refractivity contribution is 0.347. The molecule has 3 rings (SSSR count). The Balaban J connectivity index is 1.70. The van der Waals surface area contributed by atoms with Crippen LogP contribution in [0, 0.1) is 5.92 Å². The van der Waals surface area contributed by atoms with Crippen LogP contribution in [0.4, 0.5) is 0 Å². The molecule has 104 valence electrons. The molecule has 2 atom stereocenters. The van der Waals surface area contributed by atoms with Crippen LogP contribution in [0.5, 0.6) is 5.75 Å². The molecular weight excluding hydrogens is 302 g/mol. The van der Waals surface area contributed by atoms with E-state index < -0.39 is 0 Å². The quantitative estimate of drug-likeness (QED) is 0.902. The smallest absolute Gasteiger partial charge is 0.127 e. The molecule has 3 heteroatoms. The molecule has 1 fully saturated rings. The maximum atomic E-state index is 5.79. The second-order valence-electron chi connectivity index (χ2n) is 5.74. The highest BCUT2D eigenvalue weighted by atomic mass is 79.9. The Labute approximate surface area is 124 Å². The summed E-state index contributed by atoms with van der Waals surface area (Å²) in [4.78, 5) is 0. The van der Waals surface area contributed by atoms with Crippen molar-refractivity contribution in [1.82, 2.24) is 5.32 Å². The molecule has 0 radical (unpaired) electrons. The molecule has 1 aromatic carbocycles. The number of fused-ring (bicyclic) bond motifs is 1. The Bertz CT molecular complexity index is 460. The number of nitrogens with one attached hydrogen (secondary N) is 1. The number of rotatable bonds is 4. The van der Waals surface area contributed by atoms with Gasteiger partial charge < -0.3 is 10.1 Å². The van der Waals surface area contributed by atoms with Gasteiger partial charge in [0, 0.05) is 29.0 Å². The van der Waals surface area contributed by atoms with Crippen molar-refractivity contribution in [2.75, 3.05) is 6.61 Å². The minimum atomic E-state index is 0.695. The van der Waals surface area contributed by atoms with Crippen LogP contribution < -0.4 is 10.1 Å². The summed E-state index contributed by atoms with van der Waals surface area (Å²) < 4.78 is 6.97. The monoisotopic (exact) mass is 323 g/mol. The molecule has 2 aliphatic rings. The van der Waals surface area contributed by atoms with Gasteiger partial charge >= 0.3 is 0 Å². The summed E-state index contributed by atoms with van der Waals surface area (Å²) in [5.74, 6) is 1.99. The van der Waals surface area contributed by atoms with Crippen molar-refractivity contribution in [3.63, 3.8) is 0 Å². The van der Waals surface area contributed by atoms with Gasteiger partial charge in [-0.15, -0.1) is 0 Å². The van der Waals surface area contributed by atoms with E-state index in [4.69, 9.17) is 4.74 Å². The maximum Gasteiger partial charge on any atom is 0.127 e. The van der Waals surface area contributed by atoms with Crippen molar-refractivity contribution < 1.29 is 4.74 Å². The summed E-state index contributed by atoms with van der Waals surface area (Å²) in [5, 5.41) is 3.76. The van der Waals surface area contributed by atoms with Gasteiger partial charge in [-0.05, 0) is 36.5 Å². The Kier molecular flexibility index (Phi) is 4.13. The molecule has 0 amide bonds. The van der Waals surface area contributed by atoms with Crippen LogP contribution in [0.15, 0.2) is 16.6 Å². The molecule has 0 bridgehead atoms. The Morgan fingerprint density at radius 3 is 3.11 bits per heavy atom. The third-order valence-corrected chi connectivity index (χ3v) is 5.02. The first-order chi connectivity index (χ1) is 9.28. The van der Waals surface area contributed by atoms with Gasteiger partial charge in [-0.25, -0.2) is 0 Å². The molecule has 0 spiro atoms. The average Bonchev–Trinajstić information content (AvgIpc) is 3.03. The van der Waals surface area contributed by atoms with Gasteiger partial charge in [-0.1, -0.05) is 35.7 Å². The lowest BCUT2D eigenvalue weighted by atomic mass is 10.00. The van der Waals surface area contributed by atoms with Gasteiger partial charge in [0.25, 0.3) is 0 Å². The van der Waals surface area contributed by atoms with E-state index in [0.29, 0.717) is 6.04 Å². The molecule has 1 N–H and O–H groups in total. The third kappa shape index (κ3) is 2.82. The molecule has 0 aromatic heterocycles. The Hall–Kier alpha value is -0.540. The van der Waals surface area contributed by atoms with E-state index in [1.54, 1.807) is 0 Å². The highest BCUT2D eigenvalue weighted by Gasteiger charge is 2.26. The summed E-state index contributed by atoms with van der Waals surface area (Å²) in [6, 6.07) is 5.09. The van der Waals surface area contributed by atoms with Crippen LogP contribution in [0.25, 0.3) is 0 Å². The molecule has 1 aliphatic heterocycles. The number of halogens is 1. The van der Waals surface area contributed by atoms with Crippen molar-refractivity contribution in [1.29, 1.82) is 0 Å². The fraction of sp³-hybridized carbons (Fsp3) is 0.625. The third-order valence-electron chi connectivity index (χ3n) is 4.56. The summed E-state index contributed by atoms with van der Waals surface area (Å²) in [5.41, 5.74) is 2.66. The lowest BCUT2D eigenvalue weighted by Gasteiger charge is -2.20. The molecule has 1 aromatic rings. The molecule has 2 nitrogen and oxygen atoms in total. The number of hydrogen-bond donors (Lipinski definition) is 1. The topological polar surface area (TPSA) is 21.3 Å². The van der Waals surface area contributed by atoms with Crippen LogP contribution in [0.3, 0.4) is 0 Å². The molecular formula is C16H22BrNO.